The number of piperidine rings is 1. The highest BCUT2D eigenvalue weighted by molar-refractivity contribution is 7.89. The predicted octanol–water partition coefficient (Wildman–Crippen LogP) is 3.84. The molecule has 3 aromatic rings. The van der Waals surface area contributed by atoms with Gasteiger partial charge in [0.25, 0.3) is 5.91 Å². The summed E-state index contributed by atoms with van der Waals surface area (Å²) in [5.74, 6) is -0.582. The van der Waals surface area contributed by atoms with Crippen molar-refractivity contribution in [1.82, 2.24) is 14.6 Å². The largest absolute Gasteiger partial charge is 0.338 e. The topological polar surface area (TPSA) is 79.4 Å². The zero-order valence-electron chi connectivity index (χ0n) is 16.9. The summed E-state index contributed by atoms with van der Waals surface area (Å²) in [4.78, 5) is 20.4. The van der Waals surface area contributed by atoms with E-state index in [2.05, 4.69) is 9.71 Å². The molecule has 1 aliphatic heterocycles. The van der Waals surface area contributed by atoms with Crippen molar-refractivity contribution >= 4 is 27.3 Å². The number of carbonyl (C=O) groups excluding carboxylic acids is 1. The molecule has 1 fully saturated rings. The van der Waals surface area contributed by atoms with Gasteiger partial charge in [0, 0.05) is 19.1 Å². The van der Waals surface area contributed by atoms with Gasteiger partial charge in [0.2, 0.25) is 10.0 Å². The van der Waals surface area contributed by atoms with Crippen LogP contribution in [0.25, 0.3) is 10.6 Å². The van der Waals surface area contributed by atoms with E-state index in [1.54, 1.807) is 16.2 Å². The molecule has 4 rings (SSSR count). The lowest BCUT2D eigenvalue weighted by atomic mass is 10.0. The van der Waals surface area contributed by atoms with Crippen LogP contribution in [0, 0.1) is 12.7 Å². The lowest BCUT2D eigenvalue weighted by Crippen LogP contribution is -2.46. The quantitative estimate of drug-likeness (QED) is 0.629. The third-order valence-electron chi connectivity index (χ3n) is 5.32. The van der Waals surface area contributed by atoms with E-state index < -0.39 is 15.8 Å². The highest BCUT2D eigenvalue weighted by Crippen LogP contribution is 2.25. The standard InChI is InChI=1S/C22H22FN3O3S2/c1-15-19(8-9-20(24-15)21-3-2-14-30-21)22(27)26-12-10-17(11-13-26)25-31(28,29)18-6-4-16(23)5-7-18/h2-9,14,17,25H,10-13H2,1H3. The number of nitrogens with zero attached hydrogens (tertiary/aromatic N) is 2. The minimum absolute atomic E-state index is 0.0277. The van der Waals surface area contributed by atoms with Crippen molar-refractivity contribution in [2.24, 2.45) is 0 Å². The number of aromatic nitrogens is 1. The molecule has 1 saturated heterocycles. The molecule has 0 radical (unpaired) electrons. The second-order valence-corrected chi connectivity index (χ2v) is 10.1. The van der Waals surface area contributed by atoms with Gasteiger partial charge in [0.05, 0.1) is 26.7 Å². The molecule has 1 N–H and O–H groups in total. The summed E-state index contributed by atoms with van der Waals surface area (Å²) in [7, 11) is -3.73. The monoisotopic (exact) mass is 459 g/mol. The van der Waals surface area contributed by atoms with Gasteiger partial charge in [-0.2, -0.15) is 0 Å². The molecular formula is C22H22FN3O3S2. The van der Waals surface area contributed by atoms with Gasteiger partial charge in [0.1, 0.15) is 5.82 Å². The lowest BCUT2D eigenvalue weighted by molar-refractivity contribution is 0.0710. The average molecular weight is 460 g/mol. The number of pyridine rings is 1. The zero-order chi connectivity index (χ0) is 22.0. The van der Waals surface area contributed by atoms with E-state index >= 15 is 0 Å². The molecule has 0 unspecified atom stereocenters. The Morgan fingerprint density at radius 3 is 2.45 bits per heavy atom. The summed E-state index contributed by atoms with van der Waals surface area (Å²) in [6.07, 6.45) is 1.01. The smallest absolute Gasteiger partial charge is 0.255 e. The number of hydrogen-bond donors (Lipinski definition) is 1. The highest BCUT2D eigenvalue weighted by Gasteiger charge is 2.28. The molecule has 3 heterocycles. The van der Waals surface area contributed by atoms with Crippen molar-refractivity contribution in [1.29, 1.82) is 0 Å². The third kappa shape index (κ3) is 4.84. The van der Waals surface area contributed by atoms with Gasteiger partial charge >= 0.3 is 0 Å². The molecule has 2 aromatic heterocycles. The van der Waals surface area contributed by atoms with Gasteiger partial charge in [-0.15, -0.1) is 11.3 Å². The van der Waals surface area contributed by atoms with E-state index in [1.807, 2.05) is 36.6 Å². The number of rotatable bonds is 5. The van der Waals surface area contributed by atoms with E-state index in [0.29, 0.717) is 37.2 Å². The SMILES string of the molecule is Cc1nc(-c2cccs2)ccc1C(=O)N1CCC(NS(=O)(=O)c2ccc(F)cc2)CC1. The minimum atomic E-state index is -3.73. The van der Waals surface area contributed by atoms with Crippen molar-refractivity contribution in [3.63, 3.8) is 0 Å². The number of hydrogen-bond acceptors (Lipinski definition) is 5. The summed E-state index contributed by atoms with van der Waals surface area (Å²) in [5, 5.41) is 1.99. The van der Waals surface area contributed by atoms with Crippen molar-refractivity contribution in [2.45, 2.75) is 30.7 Å². The Bertz CT molecular complexity index is 1170. The van der Waals surface area contributed by atoms with E-state index in [9.17, 15) is 17.6 Å². The third-order valence-corrected chi connectivity index (χ3v) is 7.75. The van der Waals surface area contributed by atoms with E-state index in [4.69, 9.17) is 0 Å². The van der Waals surface area contributed by atoms with Crippen LogP contribution in [0.1, 0.15) is 28.9 Å². The van der Waals surface area contributed by atoms with Crippen molar-refractivity contribution in [2.75, 3.05) is 13.1 Å². The Balaban J connectivity index is 1.38. The van der Waals surface area contributed by atoms with Crippen LogP contribution in [0.3, 0.4) is 0 Å². The summed E-state index contributed by atoms with van der Waals surface area (Å²) in [6.45, 7) is 2.72. The molecule has 6 nitrogen and oxygen atoms in total. The van der Waals surface area contributed by atoms with Crippen LogP contribution < -0.4 is 4.72 Å². The number of thiophene rings is 1. The molecular weight excluding hydrogens is 437 g/mol. The highest BCUT2D eigenvalue weighted by atomic mass is 32.2. The van der Waals surface area contributed by atoms with Crippen LogP contribution in [0.4, 0.5) is 4.39 Å². The molecule has 9 heteroatoms. The van der Waals surface area contributed by atoms with Crippen LogP contribution in [0.2, 0.25) is 0 Å². The molecule has 31 heavy (non-hydrogen) atoms. The number of carbonyl (C=O) groups is 1. The fourth-order valence-electron chi connectivity index (χ4n) is 3.62. The maximum absolute atomic E-state index is 13.1. The maximum atomic E-state index is 13.1. The number of nitrogens with one attached hydrogen (secondary N) is 1. The molecule has 1 amide bonds. The first kappa shape index (κ1) is 21.6. The maximum Gasteiger partial charge on any atom is 0.255 e. The van der Waals surface area contributed by atoms with Gasteiger partial charge in [-0.1, -0.05) is 6.07 Å². The molecule has 0 bridgehead atoms. The van der Waals surface area contributed by atoms with Crippen molar-refractivity contribution < 1.29 is 17.6 Å². The Morgan fingerprint density at radius 1 is 1.13 bits per heavy atom. The molecule has 0 aliphatic carbocycles. The molecule has 0 saturated carbocycles. The zero-order valence-corrected chi connectivity index (χ0v) is 18.5. The fraction of sp³-hybridized carbons (Fsp3) is 0.273. The number of amides is 1. The van der Waals surface area contributed by atoms with Gasteiger partial charge in [0.15, 0.2) is 0 Å². The first-order chi connectivity index (χ1) is 14.8. The van der Waals surface area contributed by atoms with Crippen molar-refractivity contribution in [3.05, 3.63) is 71.0 Å². The Labute approximate surface area is 184 Å². The number of benzene rings is 1. The van der Waals surface area contributed by atoms with Gasteiger partial charge in [-0.05, 0) is 67.6 Å². The van der Waals surface area contributed by atoms with E-state index in [1.165, 1.54) is 12.1 Å². The first-order valence-corrected chi connectivity index (χ1v) is 12.3. The molecule has 1 aliphatic rings. The summed E-state index contributed by atoms with van der Waals surface area (Å²) in [5.41, 5.74) is 2.08. The molecule has 0 spiro atoms. The normalized spacial score (nSPS) is 15.2. The van der Waals surface area contributed by atoms with E-state index in [0.717, 1.165) is 22.7 Å². The summed E-state index contributed by atoms with van der Waals surface area (Å²) >= 11 is 1.60. The van der Waals surface area contributed by atoms with E-state index in [-0.39, 0.29) is 16.8 Å². The number of sulfonamides is 1. The average Bonchev–Trinajstić information content (AvgIpc) is 3.29. The minimum Gasteiger partial charge on any atom is -0.338 e. The van der Waals surface area contributed by atoms with Gasteiger partial charge in [-0.25, -0.2) is 17.5 Å². The fourth-order valence-corrected chi connectivity index (χ4v) is 5.62. The number of likely N-dealkylation sites (tertiary alicyclic amines) is 1. The molecule has 162 valence electrons. The molecule has 0 atom stereocenters. The second kappa shape index (κ2) is 8.86. The first-order valence-electron chi connectivity index (χ1n) is 9.92. The van der Waals surface area contributed by atoms with Gasteiger partial charge in [-0.3, -0.25) is 9.78 Å². The number of halogens is 1. The Morgan fingerprint density at radius 2 is 1.84 bits per heavy atom. The Kier molecular flexibility index (Phi) is 6.17. The number of aryl methyl sites for hydroxylation is 1. The van der Waals surface area contributed by atoms with Crippen LogP contribution >= 0.6 is 11.3 Å². The van der Waals surface area contributed by atoms with Crippen molar-refractivity contribution in [3.8, 4) is 10.6 Å². The van der Waals surface area contributed by atoms with Crippen LogP contribution in [-0.4, -0.2) is 43.3 Å². The van der Waals surface area contributed by atoms with Crippen LogP contribution in [-0.2, 0) is 10.0 Å². The Hall–Kier alpha value is -2.62. The summed E-state index contributed by atoms with van der Waals surface area (Å²) in [6, 6.07) is 12.1. The van der Waals surface area contributed by atoms with Crippen LogP contribution in [0.15, 0.2) is 58.8 Å². The summed E-state index contributed by atoms with van der Waals surface area (Å²) < 4.78 is 40.7. The van der Waals surface area contributed by atoms with Gasteiger partial charge < -0.3 is 4.90 Å². The predicted molar refractivity (Wildman–Crippen MR) is 118 cm³/mol. The second-order valence-electron chi connectivity index (χ2n) is 7.45. The van der Waals surface area contributed by atoms with Crippen LogP contribution in [0.5, 0.6) is 0 Å². The molecule has 1 aromatic carbocycles. The lowest BCUT2D eigenvalue weighted by Gasteiger charge is -2.32.